The molecule has 0 aliphatic carbocycles. The van der Waals surface area contributed by atoms with Crippen molar-refractivity contribution in [1.29, 1.82) is 5.26 Å². The van der Waals surface area contributed by atoms with Gasteiger partial charge in [-0.25, -0.2) is 9.97 Å². The average Bonchev–Trinajstić information content (AvgIpc) is 3.64. The second-order valence-electron chi connectivity index (χ2n) is 10.9. The Morgan fingerprint density at radius 3 is 1.81 bits per heavy atom. The van der Waals surface area contributed by atoms with E-state index < -0.39 is 0 Å². The van der Waals surface area contributed by atoms with Crippen molar-refractivity contribution in [1.82, 2.24) is 14.9 Å². The van der Waals surface area contributed by atoms with Crippen molar-refractivity contribution in [2.75, 3.05) is 32.8 Å². The summed E-state index contributed by atoms with van der Waals surface area (Å²) < 4.78 is 17.6. The van der Waals surface area contributed by atoms with Gasteiger partial charge in [-0.05, 0) is 119 Å². The number of ether oxygens (including phenoxy) is 2. The summed E-state index contributed by atoms with van der Waals surface area (Å²) in [4.78, 5) is 11.5. The fourth-order valence-corrected chi connectivity index (χ4v) is 4.98. The summed E-state index contributed by atoms with van der Waals surface area (Å²) in [6.45, 7) is 11.4. The van der Waals surface area contributed by atoms with Crippen molar-refractivity contribution < 1.29 is 13.9 Å². The second kappa shape index (κ2) is 23.8. The molecule has 0 spiro atoms. The Labute approximate surface area is 315 Å². The van der Waals surface area contributed by atoms with Gasteiger partial charge in [-0.3, -0.25) is 4.90 Å². The van der Waals surface area contributed by atoms with Gasteiger partial charge in [-0.2, -0.15) is 5.26 Å². The molecule has 1 aliphatic rings. The van der Waals surface area contributed by atoms with Gasteiger partial charge in [0.1, 0.15) is 23.1 Å². The van der Waals surface area contributed by atoms with Crippen LogP contribution in [0.25, 0.3) is 22.4 Å². The maximum atomic E-state index is 9.85. The van der Waals surface area contributed by atoms with Crippen molar-refractivity contribution in [2.24, 2.45) is 0 Å². The topological polar surface area (TPSA) is 84.4 Å². The number of aromatic nitrogens is 2. The first kappa shape index (κ1) is 39.2. The van der Waals surface area contributed by atoms with Gasteiger partial charge in [0.15, 0.2) is 6.61 Å². The minimum atomic E-state index is 0.0908. The highest BCUT2D eigenvalue weighted by Crippen LogP contribution is 2.30. The van der Waals surface area contributed by atoms with E-state index in [9.17, 15) is 5.26 Å². The predicted octanol–water partition coefficient (Wildman–Crippen LogP) is 8.64. The lowest BCUT2D eigenvalue weighted by molar-refractivity contribution is 0.0371. The summed E-state index contributed by atoms with van der Waals surface area (Å²) in [6.07, 6.45) is 4.55. The van der Waals surface area contributed by atoms with Crippen LogP contribution in [-0.2, 0) is 17.8 Å². The number of rotatable bonds is 10. The molecule has 0 saturated carbocycles. The van der Waals surface area contributed by atoms with Gasteiger partial charge in [-0.1, -0.05) is 72.1 Å². The Bertz CT molecular complexity index is 2440. The summed E-state index contributed by atoms with van der Waals surface area (Å²) >= 11 is 0. The van der Waals surface area contributed by atoms with Crippen molar-refractivity contribution in [3.63, 3.8) is 0 Å². The Morgan fingerprint density at radius 2 is 1.26 bits per heavy atom. The normalized spacial score (nSPS) is 10.6. The van der Waals surface area contributed by atoms with Gasteiger partial charge in [0.25, 0.3) is 0 Å². The van der Waals surface area contributed by atoms with Gasteiger partial charge in [0.2, 0.25) is 11.8 Å². The number of benzene rings is 2. The SMILES string of the molecule is C=C=C=C=C=C=C=C=C=C=C=C=C=C=C=C=C.N#Cc1c(-c2ccccc2)ccnc1OCc1nc(-c2ccccc2)c(CCCCN2CCOCC2)o1. The summed E-state index contributed by atoms with van der Waals surface area (Å²) in [5.74, 6) is 1.60. The molecule has 1 saturated heterocycles. The van der Waals surface area contributed by atoms with Crippen LogP contribution >= 0.6 is 0 Å². The van der Waals surface area contributed by atoms with Crippen LogP contribution in [-0.4, -0.2) is 47.7 Å². The summed E-state index contributed by atoms with van der Waals surface area (Å²) in [5.41, 5.74) is 40.9. The molecular weight excluding hydrogens is 669 g/mol. The molecule has 1 fully saturated rings. The molecule has 2 aromatic heterocycles. The highest BCUT2D eigenvalue weighted by atomic mass is 16.5. The first-order chi connectivity index (χ1) is 26.7. The van der Waals surface area contributed by atoms with Gasteiger partial charge >= 0.3 is 0 Å². The van der Waals surface area contributed by atoms with Crippen LogP contribution in [0.5, 0.6) is 5.88 Å². The van der Waals surface area contributed by atoms with E-state index in [2.05, 4.69) is 115 Å². The van der Waals surface area contributed by atoms with Crippen LogP contribution in [0, 0.1) is 11.3 Å². The molecule has 0 amide bonds. The number of aryl methyl sites for hydroxylation is 1. The molecule has 7 heteroatoms. The molecule has 0 bridgehead atoms. The van der Waals surface area contributed by atoms with E-state index in [4.69, 9.17) is 18.9 Å². The fraction of sp³-hybridized carbons (Fsp3) is 0.191. The van der Waals surface area contributed by atoms with Crippen molar-refractivity contribution in [3.8, 4) is 34.3 Å². The zero-order chi connectivity index (χ0) is 37.9. The van der Waals surface area contributed by atoms with Gasteiger partial charge in [-0.15, -0.1) is 0 Å². The highest BCUT2D eigenvalue weighted by Gasteiger charge is 2.18. The molecule has 2 aromatic carbocycles. The van der Waals surface area contributed by atoms with E-state index >= 15 is 0 Å². The third-order valence-corrected chi connectivity index (χ3v) is 7.39. The lowest BCUT2D eigenvalue weighted by Gasteiger charge is -2.26. The number of hydrogen-bond acceptors (Lipinski definition) is 7. The van der Waals surface area contributed by atoms with E-state index in [1.54, 1.807) is 6.20 Å². The number of unbranched alkanes of at least 4 members (excludes halogenated alkanes) is 1. The van der Waals surface area contributed by atoms with Crippen molar-refractivity contribution in [2.45, 2.75) is 25.9 Å². The minimum Gasteiger partial charge on any atom is -0.467 e. The van der Waals surface area contributed by atoms with E-state index in [1.165, 1.54) is 0 Å². The number of pyridine rings is 1. The van der Waals surface area contributed by atoms with E-state index in [-0.39, 0.29) is 12.5 Å². The molecule has 0 unspecified atom stereocenters. The van der Waals surface area contributed by atoms with Crippen LogP contribution in [0.4, 0.5) is 0 Å². The van der Waals surface area contributed by atoms with Crippen LogP contribution < -0.4 is 4.74 Å². The summed E-state index contributed by atoms with van der Waals surface area (Å²) in [7, 11) is 0. The number of nitrogens with zero attached hydrogens (tertiary/aromatic N) is 4. The zero-order valence-electron chi connectivity index (χ0n) is 29.7. The zero-order valence-corrected chi connectivity index (χ0v) is 29.7. The Hall–Kier alpha value is -7.55. The maximum Gasteiger partial charge on any atom is 0.233 e. The minimum absolute atomic E-state index is 0.0908. The molecule has 0 atom stereocenters. The molecule has 0 N–H and O–H groups in total. The van der Waals surface area contributed by atoms with Crippen molar-refractivity contribution in [3.05, 3.63) is 189 Å². The van der Waals surface area contributed by atoms with Gasteiger partial charge in [0.05, 0.1) is 13.2 Å². The standard InChI is InChI=1S/C30H30N4O3.C17H4/c31-21-26-25(23-9-3-1-4-10-23)14-15-32-30(26)36-22-28-33-29(24-11-5-2-6-12-24)27(37-28)13-7-8-16-34-17-19-35-20-18-34;1-3-5-7-9-11-13-15-17-16-14-12-10-8-6-4-2/h1-6,9-12,14-15H,7-8,13,16-20,22H2;1-2H2. The number of hydrogen-bond donors (Lipinski definition) is 0. The monoisotopic (exact) mass is 702 g/mol. The molecule has 4 aromatic rings. The third kappa shape index (κ3) is 13.6. The number of nitriles is 1. The lowest BCUT2D eigenvalue weighted by Crippen LogP contribution is -2.36. The second-order valence-corrected chi connectivity index (χ2v) is 10.9. The largest absolute Gasteiger partial charge is 0.467 e. The quantitative estimate of drug-likeness (QED) is 0.121. The molecule has 5 rings (SSSR count). The summed E-state index contributed by atoms with van der Waals surface area (Å²) in [6, 6.07) is 23.9. The number of oxazole rings is 1. The highest BCUT2D eigenvalue weighted by molar-refractivity contribution is 5.72. The molecule has 7 nitrogen and oxygen atoms in total. The van der Waals surface area contributed by atoms with Crippen LogP contribution in [0.15, 0.2) is 176 Å². The van der Waals surface area contributed by atoms with Gasteiger partial charge in [0, 0.05) is 36.8 Å². The van der Waals surface area contributed by atoms with E-state index in [0.717, 1.165) is 80.3 Å². The molecule has 0 radical (unpaired) electrons. The van der Waals surface area contributed by atoms with E-state index in [0.29, 0.717) is 11.5 Å². The Morgan fingerprint density at radius 1 is 0.704 bits per heavy atom. The van der Waals surface area contributed by atoms with Crippen LogP contribution in [0.3, 0.4) is 0 Å². The van der Waals surface area contributed by atoms with Gasteiger partial charge < -0.3 is 13.9 Å². The molecule has 54 heavy (non-hydrogen) atoms. The van der Waals surface area contributed by atoms with Crippen LogP contribution in [0.1, 0.15) is 30.1 Å². The first-order valence-corrected chi connectivity index (χ1v) is 16.9. The summed E-state index contributed by atoms with van der Waals surface area (Å²) in [5, 5.41) is 9.85. The molecule has 1 aliphatic heterocycles. The van der Waals surface area contributed by atoms with E-state index in [1.807, 2.05) is 66.7 Å². The average molecular weight is 703 g/mol. The fourth-order valence-electron chi connectivity index (χ4n) is 4.98. The smallest absolute Gasteiger partial charge is 0.233 e. The lowest BCUT2D eigenvalue weighted by atomic mass is 10.0. The third-order valence-electron chi connectivity index (χ3n) is 7.39. The first-order valence-electron chi connectivity index (χ1n) is 16.9. The molecular formula is C47H34N4O3. The molecule has 3 heterocycles. The molecule has 260 valence electrons. The Kier molecular flexibility index (Phi) is 17.3. The van der Waals surface area contributed by atoms with Crippen molar-refractivity contribution >= 4 is 0 Å². The Balaban J connectivity index is 0.000000324. The number of morpholine rings is 1. The van der Waals surface area contributed by atoms with Crippen LogP contribution in [0.2, 0.25) is 0 Å². The maximum absolute atomic E-state index is 9.85. The predicted molar refractivity (Wildman–Crippen MR) is 205 cm³/mol.